The molecule has 1 heterocycles. The molecule has 0 aliphatic carbocycles. The first-order chi connectivity index (χ1) is 9.08. The molecule has 1 aliphatic heterocycles. The van der Waals surface area contributed by atoms with Crippen LogP contribution in [0, 0.1) is 0 Å². The van der Waals surface area contributed by atoms with Crippen LogP contribution in [0.1, 0.15) is 35.3 Å². The van der Waals surface area contributed by atoms with Crippen LogP contribution >= 0.6 is 0 Å². The maximum absolute atomic E-state index is 11.2. The first-order valence-electron chi connectivity index (χ1n) is 6.76. The highest BCUT2D eigenvalue weighted by molar-refractivity contribution is 5.89. The molecule has 0 spiro atoms. The van der Waals surface area contributed by atoms with Crippen LogP contribution in [0.2, 0.25) is 0 Å². The third-order valence-corrected chi connectivity index (χ3v) is 3.43. The summed E-state index contributed by atoms with van der Waals surface area (Å²) >= 11 is 0. The number of carboxylic acids is 1. The summed E-state index contributed by atoms with van der Waals surface area (Å²) in [6.07, 6.45) is 1.06. The van der Waals surface area contributed by atoms with E-state index in [1.807, 2.05) is 26.0 Å². The standard InChI is InChI=1S/C15H21NO3/c1-11(2)19-9-8-16-7-6-13-12(10-16)4-3-5-14(13)15(17)18/h3-5,11H,6-10H2,1-2H3,(H,17,18). The Balaban J connectivity index is 2.00. The van der Waals surface area contributed by atoms with E-state index in [-0.39, 0.29) is 6.10 Å². The van der Waals surface area contributed by atoms with Crippen molar-refractivity contribution in [3.63, 3.8) is 0 Å². The number of ether oxygens (including phenoxy) is 1. The van der Waals surface area contributed by atoms with Gasteiger partial charge in [-0.25, -0.2) is 4.79 Å². The first-order valence-corrected chi connectivity index (χ1v) is 6.76. The second kappa shape index (κ2) is 6.17. The fourth-order valence-electron chi connectivity index (χ4n) is 2.48. The van der Waals surface area contributed by atoms with E-state index in [2.05, 4.69) is 4.90 Å². The molecule has 0 saturated heterocycles. The van der Waals surface area contributed by atoms with Crippen LogP contribution in [-0.4, -0.2) is 41.8 Å². The first kappa shape index (κ1) is 14.0. The summed E-state index contributed by atoms with van der Waals surface area (Å²) in [6, 6.07) is 5.55. The summed E-state index contributed by atoms with van der Waals surface area (Å²) in [6.45, 7) is 7.41. The lowest BCUT2D eigenvalue weighted by Gasteiger charge is -2.29. The van der Waals surface area contributed by atoms with Crippen LogP contribution in [0.15, 0.2) is 18.2 Å². The van der Waals surface area contributed by atoms with Gasteiger partial charge in [0.15, 0.2) is 0 Å². The van der Waals surface area contributed by atoms with Crippen molar-refractivity contribution < 1.29 is 14.6 Å². The molecule has 4 heteroatoms. The summed E-state index contributed by atoms with van der Waals surface area (Å²) in [5.74, 6) is -0.826. The highest BCUT2D eigenvalue weighted by Crippen LogP contribution is 2.22. The van der Waals surface area contributed by atoms with Crippen LogP contribution in [0.25, 0.3) is 0 Å². The predicted molar refractivity (Wildman–Crippen MR) is 73.5 cm³/mol. The Morgan fingerprint density at radius 1 is 1.47 bits per heavy atom. The molecule has 19 heavy (non-hydrogen) atoms. The monoisotopic (exact) mass is 263 g/mol. The molecule has 0 fully saturated rings. The normalized spacial score (nSPS) is 15.5. The maximum atomic E-state index is 11.2. The summed E-state index contributed by atoms with van der Waals surface area (Å²) in [5, 5.41) is 9.18. The quantitative estimate of drug-likeness (QED) is 0.884. The molecule has 0 amide bonds. The van der Waals surface area contributed by atoms with Gasteiger partial charge in [0, 0.05) is 19.6 Å². The van der Waals surface area contributed by atoms with Crippen molar-refractivity contribution in [1.29, 1.82) is 0 Å². The Bertz CT molecular complexity index is 457. The van der Waals surface area contributed by atoms with Crippen LogP contribution in [0.5, 0.6) is 0 Å². The second-order valence-electron chi connectivity index (χ2n) is 5.19. The van der Waals surface area contributed by atoms with Crippen LogP contribution in [-0.2, 0) is 17.7 Å². The summed E-state index contributed by atoms with van der Waals surface area (Å²) < 4.78 is 5.56. The molecular formula is C15H21NO3. The molecule has 0 unspecified atom stereocenters. The van der Waals surface area contributed by atoms with Crippen molar-refractivity contribution in [2.75, 3.05) is 19.7 Å². The Morgan fingerprint density at radius 2 is 2.26 bits per heavy atom. The Morgan fingerprint density at radius 3 is 2.95 bits per heavy atom. The molecule has 1 N–H and O–H groups in total. The van der Waals surface area contributed by atoms with Crippen molar-refractivity contribution in [1.82, 2.24) is 4.90 Å². The Labute approximate surface area is 114 Å². The van der Waals surface area contributed by atoms with E-state index >= 15 is 0 Å². The average molecular weight is 263 g/mol. The number of nitrogens with zero attached hydrogens (tertiary/aromatic N) is 1. The van der Waals surface area contributed by atoms with Gasteiger partial charge >= 0.3 is 5.97 Å². The van der Waals surface area contributed by atoms with Gasteiger partial charge in [-0.15, -0.1) is 0 Å². The minimum atomic E-state index is -0.826. The van der Waals surface area contributed by atoms with E-state index in [4.69, 9.17) is 4.74 Å². The minimum Gasteiger partial charge on any atom is -0.478 e. The molecule has 1 aromatic carbocycles. The number of carboxylic acid groups (broad SMARTS) is 1. The van der Waals surface area contributed by atoms with Gasteiger partial charge in [-0.3, -0.25) is 4.90 Å². The fraction of sp³-hybridized carbons (Fsp3) is 0.533. The highest BCUT2D eigenvalue weighted by Gasteiger charge is 2.20. The zero-order valence-electron chi connectivity index (χ0n) is 11.6. The minimum absolute atomic E-state index is 0.260. The van der Waals surface area contributed by atoms with Gasteiger partial charge < -0.3 is 9.84 Å². The van der Waals surface area contributed by atoms with E-state index in [0.29, 0.717) is 5.56 Å². The molecule has 1 aromatic rings. The third-order valence-electron chi connectivity index (χ3n) is 3.43. The smallest absolute Gasteiger partial charge is 0.335 e. The van der Waals surface area contributed by atoms with Crippen molar-refractivity contribution >= 4 is 5.97 Å². The molecule has 0 radical (unpaired) electrons. The molecule has 104 valence electrons. The Kier molecular flexibility index (Phi) is 4.56. The van der Waals surface area contributed by atoms with Crippen molar-refractivity contribution in [2.24, 2.45) is 0 Å². The molecular weight excluding hydrogens is 242 g/mol. The van der Waals surface area contributed by atoms with Crippen LogP contribution in [0.3, 0.4) is 0 Å². The van der Waals surface area contributed by atoms with Crippen LogP contribution in [0.4, 0.5) is 0 Å². The number of hydrogen-bond donors (Lipinski definition) is 1. The SMILES string of the molecule is CC(C)OCCN1CCc2c(cccc2C(=O)O)C1. The number of hydrogen-bond acceptors (Lipinski definition) is 3. The Hall–Kier alpha value is -1.39. The summed E-state index contributed by atoms with van der Waals surface area (Å²) in [5.41, 5.74) is 2.59. The summed E-state index contributed by atoms with van der Waals surface area (Å²) in [7, 11) is 0. The third kappa shape index (κ3) is 3.55. The number of benzene rings is 1. The number of fused-ring (bicyclic) bond motifs is 1. The van der Waals surface area contributed by atoms with Gasteiger partial charge in [-0.2, -0.15) is 0 Å². The lowest BCUT2D eigenvalue weighted by Crippen LogP contribution is -2.34. The lowest BCUT2D eigenvalue weighted by atomic mass is 9.94. The zero-order valence-corrected chi connectivity index (χ0v) is 11.6. The topological polar surface area (TPSA) is 49.8 Å². The fourth-order valence-corrected chi connectivity index (χ4v) is 2.48. The molecule has 1 aliphatic rings. The van der Waals surface area contributed by atoms with Crippen molar-refractivity contribution in [3.8, 4) is 0 Å². The van der Waals surface area contributed by atoms with Gasteiger partial charge in [-0.05, 0) is 37.5 Å². The number of rotatable bonds is 5. The predicted octanol–water partition coefficient (Wildman–Crippen LogP) is 2.17. The van der Waals surface area contributed by atoms with E-state index < -0.39 is 5.97 Å². The van der Waals surface area contributed by atoms with E-state index in [1.165, 1.54) is 0 Å². The van der Waals surface area contributed by atoms with Crippen molar-refractivity contribution in [2.45, 2.75) is 32.9 Å². The molecule has 0 aromatic heterocycles. The van der Waals surface area contributed by atoms with Gasteiger partial charge in [0.05, 0.1) is 18.3 Å². The molecule has 0 atom stereocenters. The largest absolute Gasteiger partial charge is 0.478 e. The molecule has 4 nitrogen and oxygen atoms in total. The van der Waals surface area contributed by atoms with Gasteiger partial charge in [0.25, 0.3) is 0 Å². The second-order valence-corrected chi connectivity index (χ2v) is 5.19. The van der Waals surface area contributed by atoms with E-state index in [0.717, 1.165) is 43.8 Å². The van der Waals surface area contributed by atoms with Crippen LogP contribution < -0.4 is 0 Å². The summed E-state index contributed by atoms with van der Waals surface area (Å²) in [4.78, 5) is 13.5. The highest BCUT2D eigenvalue weighted by atomic mass is 16.5. The number of aromatic carboxylic acids is 1. The maximum Gasteiger partial charge on any atom is 0.335 e. The number of carbonyl (C=O) groups is 1. The van der Waals surface area contributed by atoms with Gasteiger partial charge in [0.1, 0.15) is 0 Å². The van der Waals surface area contributed by atoms with Gasteiger partial charge in [-0.1, -0.05) is 12.1 Å². The van der Waals surface area contributed by atoms with E-state index in [1.54, 1.807) is 6.07 Å². The van der Waals surface area contributed by atoms with Gasteiger partial charge in [0.2, 0.25) is 0 Å². The molecule has 2 rings (SSSR count). The van der Waals surface area contributed by atoms with E-state index in [9.17, 15) is 9.90 Å². The van der Waals surface area contributed by atoms with Crippen molar-refractivity contribution in [3.05, 3.63) is 34.9 Å². The average Bonchev–Trinajstić information content (AvgIpc) is 2.37. The molecule has 0 bridgehead atoms. The lowest BCUT2D eigenvalue weighted by molar-refractivity contribution is 0.0559. The zero-order chi connectivity index (χ0) is 13.8. The molecule has 0 saturated carbocycles.